The predicted molar refractivity (Wildman–Crippen MR) is 74.8 cm³/mol. The molecule has 118 valence electrons. The van der Waals surface area contributed by atoms with Crippen molar-refractivity contribution in [2.24, 2.45) is 0 Å². The van der Waals surface area contributed by atoms with Crippen LogP contribution in [0.5, 0.6) is 0 Å². The van der Waals surface area contributed by atoms with Crippen LogP contribution in [0, 0.1) is 0 Å². The predicted octanol–water partition coefficient (Wildman–Crippen LogP) is 1.07. The highest BCUT2D eigenvalue weighted by molar-refractivity contribution is 7.46. The molecule has 0 aromatic rings. The van der Waals surface area contributed by atoms with Gasteiger partial charge in [0.05, 0.1) is 21.1 Å². The number of carbonyl (C=O) groups excluding carboxylic acids is 1. The number of phosphoric ester groups is 1. The average Bonchev–Trinajstić information content (AvgIpc) is 2.21. The van der Waals surface area contributed by atoms with Crippen molar-refractivity contribution in [1.82, 2.24) is 0 Å². The van der Waals surface area contributed by atoms with Gasteiger partial charge in [-0.15, -0.1) is 0 Å². The highest BCUT2D eigenvalue weighted by atomic mass is 31.2. The zero-order valence-corrected chi connectivity index (χ0v) is 13.5. The third-order valence-corrected chi connectivity index (χ3v) is 3.24. The van der Waals surface area contributed by atoms with Crippen molar-refractivity contribution >= 4 is 13.8 Å². The van der Waals surface area contributed by atoms with E-state index in [1.807, 2.05) is 21.1 Å². The Hall–Kier alpha value is -0.720. The van der Waals surface area contributed by atoms with Gasteiger partial charge in [0.15, 0.2) is 0 Å². The molecule has 8 heteroatoms. The lowest BCUT2D eigenvalue weighted by molar-refractivity contribution is -0.897. The van der Waals surface area contributed by atoms with Gasteiger partial charge >= 0.3 is 13.8 Å². The number of esters is 1. The minimum atomic E-state index is -4.50. The van der Waals surface area contributed by atoms with E-state index in [0.29, 0.717) is 10.9 Å². The molecule has 0 aromatic heterocycles. The van der Waals surface area contributed by atoms with Gasteiger partial charge in [0, 0.05) is 12.5 Å². The summed E-state index contributed by atoms with van der Waals surface area (Å²) in [6.45, 7) is 3.34. The minimum absolute atomic E-state index is 0.112. The second kappa shape index (κ2) is 7.90. The van der Waals surface area contributed by atoms with E-state index in [-0.39, 0.29) is 18.8 Å². The second-order valence-corrected chi connectivity index (χ2v) is 6.78. The van der Waals surface area contributed by atoms with Gasteiger partial charge in [-0.3, -0.25) is 4.52 Å². The van der Waals surface area contributed by atoms with E-state index >= 15 is 0 Å². The van der Waals surface area contributed by atoms with Gasteiger partial charge in [-0.25, -0.2) is 9.36 Å². The van der Waals surface area contributed by atoms with Crippen LogP contribution in [-0.2, 0) is 18.6 Å². The molecule has 0 bridgehead atoms. The monoisotopic (exact) mass is 310 g/mol. The van der Waals surface area contributed by atoms with E-state index in [2.05, 4.69) is 4.52 Å². The van der Waals surface area contributed by atoms with Crippen molar-refractivity contribution in [2.75, 3.05) is 27.7 Å². The average molecular weight is 310 g/mol. The first-order valence-electron chi connectivity index (χ1n) is 6.30. The number of carbonyl (C=O) groups is 1. The molecular weight excluding hydrogens is 285 g/mol. The van der Waals surface area contributed by atoms with Gasteiger partial charge in [-0.05, 0) is 13.8 Å². The molecule has 0 aliphatic heterocycles. The Balaban J connectivity index is 4.58. The van der Waals surface area contributed by atoms with Crippen LogP contribution in [0.2, 0.25) is 0 Å². The maximum Gasteiger partial charge on any atom is 0.469 e. The molecule has 0 radical (unpaired) electrons. The third kappa shape index (κ3) is 9.23. The molecule has 0 saturated carbocycles. The van der Waals surface area contributed by atoms with Crippen molar-refractivity contribution in [1.29, 1.82) is 0 Å². The SMILES string of the molecule is C/C=C\C(=O)OC(C)CC(COP(=O)(O)O)[N+](C)(C)C. The molecule has 20 heavy (non-hydrogen) atoms. The molecule has 2 N–H and O–H groups in total. The van der Waals surface area contributed by atoms with Crippen LogP contribution in [0.15, 0.2) is 12.2 Å². The summed E-state index contributed by atoms with van der Waals surface area (Å²) in [6, 6.07) is -0.212. The van der Waals surface area contributed by atoms with Crippen molar-refractivity contribution in [3.05, 3.63) is 12.2 Å². The second-order valence-electron chi connectivity index (χ2n) is 5.54. The van der Waals surface area contributed by atoms with Crippen LogP contribution in [0.4, 0.5) is 0 Å². The standard InChI is InChI=1S/C12H24NO6P/c1-6-7-12(14)19-10(2)8-11(13(3,4)5)9-18-20(15,16)17/h6-7,10-11H,8-9H2,1-5H3,(H-,15,16,17)/p+1/b7-6-. The maximum atomic E-state index is 11.3. The third-order valence-electron chi connectivity index (χ3n) is 2.75. The Labute approximate surface area is 120 Å². The first kappa shape index (κ1) is 19.3. The zero-order valence-electron chi connectivity index (χ0n) is 12.6. The van der Waals surface area contributed by atoms with Gasteiger partial charge < -0.3 is 19.0 Å². The highest BCUT2D eigenvalue weighted by Gasteiger charge is 2.30. The van der Waals surface area contributed by atoms with Crippen molar-refractivity contribution in [3.8, 4) is 0 Å². The van der Waals surface area contributed by atoms with Crippen LogP contribution >= 0.6 is 7.82 Å². The molecule has 0 spiro atoms. The molecular formula is C12H25NO6P+. The summed E-state index contributed by atoms with van der Waals surface area (Å²) in [5, 5.41) is 0. The molecule has 0 amide bonds. The van der Waals surface area contributed by atoms with Crippen LogP contribution in [-0.4, -0.2) is 60.1 Å². The van der Waals surface area contributed by atoms with Gasteiger partial charge in [-0.1, -0.05) is 6.08 Å². The molecule has 2 unspecified atom stereocenters. The van der Waals surface area contributed by atoms with Gasteiger partial charge in [0.2, 0.25) is 0 Å². The summed E-state index contributed by atoms with van der Waals surface area (Å²) < 4.78 is 20.9. The normalized spacial score (nSPS) is 16.1. The lowest BCUT2D eigenvalue weighted by atomic mass is 10.1. The first-order chi connectivity index (χ1) is 8.95. The number of nitrogens with zero attached hydrogens (tertiary/aromatic N) is 1. The van der Waals surface area contributed by atoms with Gasteiger partial charge in [0.25, 0.3) is 0 Å². The summed E-state index contributed by atoms with van der Waals surface area (Å²) in [5.41, 5.74) is 0. The molecule has 0 heterocycles. The van der Waals surface area contributed by atoms with Gasteiger partial charge in [0.1, 0.15) is 18.8 Å². The van der Waals surface area contributed by atoms with E-state index in [1.54, 1.807) is 19.9 Å². The van der Waals surface area contributed by atoms with E-state index in [4.69, 9.17) is 14.5 Å². The molecule has 2 atom stereocenters. The summed E-state index contributed by atoms with van der Waals surface area (Å²) in [7, 11) is 1.15. The summed E-state index contributed by atoms with van der Waals surface area (Å²) in [6.07, 6.45) is 2.97. The van der Waals surface area contributed by atoms with Crippen LogP contribution in [0.25, 0.3) is 0 Å². The number of allylic oxidation sites excluding steroid dienone is 1. The van der Waals surface area contributed by atoms with Crippen molar-refractivity contribution < 1.29 is 32.9 Å². The molecule has 0 fully saturated rings. The Morgan fingerprint density at radius 1 is 1.35 bits per heavy atom. The number of quaternary nitrogens is 1. The summed E-state index contributed by atoms with van der Waals surface area (Å²) in [5.74, 6) is -0.434. The molecule has 0 aromatic carbocycles. The topological polar surface area (TPSA) is 93.1 Å². The van der Waals surface area contributed by atoms with Crippen molar-refractivity contribution in [2.45, 2.75) is 32.4 Å². The molecule has 0 rings (SSSR count). The number of phosphoric acid groups is 1. The fourth-order valence-corrected chi connectivity index (χ4v) is 1.96. The van der Waals surface area contributed by atoms with Gasteiger partial charge in [-0.2, -0.15) is 0 Å². The minimum Gasteiger partial charge on any atom is -0.459 e. The number of hydrogen-bond acceptors (Lipinski definition) is 4. The molecule has 0 aliphatic carbocycles. The van der Waals surface area contributed by atoms with E-state index in [9.17, 15) is 9.36 Å². The molecule has 0 saturated heterocycles. The Morgan fingerprint density at radius 3 is 2.30 bits per heavy atom. The quantitative estimate of drug-likeness (QED) is 0.301. The van der Waals surface area contributed by atoms with Crippen LogP contribution in [0.1, 0.15) is 20.3 Å². The Kier molecular flexibility index (Phi) is 7.62. The van der Waals surface area contributed by atoms with E-state index < -0.39 is 13.8 Å². The zero-order chi connectivity index (χ0) is 16.0. The Bertz CT molecular complexity index is 384. The Morgan fingerprint density at radius 2 is 1.90 bits per heavy atom. The lowest BCUT2D eigenvalue weighted by Crippen LogP contribution is -2.49. The molecule has 7 nitrogen and oxygen atoms in total. The fourth-order valence-electron chi connectivity index (χ4n) is 1.60. The van der Waals surface area contributed by atoms with Crippen LogP contribution < -0.4 is 0 Å². The first-order valence-corrected chi connectivity index (χ1v) is 7.83. The van der Waals surface area contributed by atoms with E-state index in [1.165, 1.54) is 6.08 Å². The highest BCUT2D eigenvalue weighted by Crippen LogP contribution is 2.36. The number of hydrogen-bond donors (Lipinski definition) is 2. The summed E-state index contributed by atoms with van der Waals surface area (Å²) >= 11 is 0. The van der Waals surface area contributed by atoms with Crippen LogP contribution in [0.3, 0.4) is 0 Å². The fraction of sp³-hybridized carbons (Fsp3) is 0.750. The number of likely N-dealkylation sites (N-methyl/N-ethyl adjacent to an activating group) is 1. The smallest absolute Gasteiger partial charge is 0.459 e. The largest absolute Gasteiger partial charge is 0.469 e. The lowest BCUT2D eigenvalue weighted by Gasteiger charge is -2.35. The van der Waals surface area contributed by atoms with E-state index in [0.717, 1.165) is 0 Å². The maximum absolute atomic E-state index is 11.3. The molecule has 0 aliphatic rings. The number of rotatable bonds is 8. The van der Waals surface area contributed by atoms with Crippen molar-refractivity contribution in [3.63, 3.8) is 0 Å². The number of ether oxygens (including phenoxy) is 1. The summed E-state index contributed by atoms with van der Waals surface area (Å²) in [4.78, 5) is 28.9.